The molecule has 1 aromatic rings. The molecule has 1 rings (SSSR count). The van der Waals surface area contributed by atoms with Gasteiger partial charge in [-0.3, -0.25) is 0 Å². The van der Waals surface area contributed by atoms with Gasteiger partial charge in [-0.1, -0.05) is 28.4 Å². The molecule has 0 amide bonds. The van der Waals surface area contributed by atoms with Gasteiger partial charge in [-0.05, 0) is 19.1 Å². The van der Waals surface area contributed by atoms with E-state index in [9.17, 15) is 4.79 Å². The lowest BCUT2D eigenvalue weighted by Crippen LogP contribution is -2.15. The van der Waals surface area contributed by atoms with Crippen LogP contribution in [0.2, 0.25) is 10.0 Å². The van der Waals surface area contributed by atoms with Gasteiger partial charge in [0, 0.05) is 5.02 Å². The Morgan fingerprint density at radius 2 is 2.22 bits per heavy atom. The summed E-state index contributed by atoms with van der Waals surface area (Å²) in [6.45, 7) is 1.68. The van der Waals surface area contributed by atoms with Crippen LogP contribution in [-0.2, 0) is 9.53 Å². The van der Waals surface area contributed by atoms with E-state index in [0.717, 1.165) is 6.21 Å². The maximum Gasteiger partial charge on any atom is 0.344 e. The summed E-state index contributed by atoms with van der Waals surface area (Å²) in [5.41, 5.74) is 0.327. The first-order chi connectivity index (χ1) is 8.58. The summed E-state index contributed by atoms with van der Waals surface area (Å²) >= 11 is 11.7. The standard InChI is InChI=1S/C11H11Cl2NO4/c1-2-17-11(15)6-18-10-4-7(12)3-9(13)8(10)5-14-16/h3-5,16H,2,6H2,1H3. The van der Waals surface area contributed by atoms with Crippen LogP contribution in [0.3, 0.4) is 0 Å². The molecule has 0 unspecified atom stereocenters. The van der Waals surface area contributed by atoms with Crippen molar-refractivity contribution in [3.8, 4) is 5.75 Å². The van der Waals surface area contributed by atoms with Gasteiger partial charge in [-0.25, -0.2) is 4.79 Å². The van der Waals surface area contributed by atoms with E-state index < -0.39 is 5.97 Å². The highest BCUT2D eigenvalue weighted by atomic mass is 35.5. The third kappa shape index (κ3) is 4.09. The molecule has 1 aromatic carbocycles. The van der Waals surface area contributed by atoms with E-state index in [-0.39, 0.29) is 24.0 Å². The Bertz CT molecular complexity index is 463. The van der Waals surface area contributed by atoms with E-state index in [4.69, 9.17) is 37.9 Å². The highest BCUT2D eigenvalue weighted by molar-refractivity contribution is 6.36. The molecular weight excluding hydrogens is 281 g/mol. The van der Waals surface area contributed by atoms with Gasteiger partial charge in [0.1, 0.15) is 5.75 Å². The molecule has 0 aliphatic rings. The number of oxime groups is 1. The van der Waals surface area contributed by atoms with E-state index >= 15 is 0 Å². The third-order valence-electron chi connectivity index (χ3n) is 1.89. The molecule has 0 bridgehead atoms. The highest BCUT2D eigenvalue weighted by Gasteiger charge is 2.11. The molecule has 0 heterocycles. The number of carbonyl (C=O) groups excluding carboxylic acids is 1. The maximum atomic E-state index is 11.2. The molecule has 5 nitrogen and oxygen atoms in total. The lowest BCUT2D eigenvalue weighted by molar-refractivity contribution is -0.145. The summed E-state index contributed by atoms with van der Waals surface area (Å²) in [6, 6.07) is 2.93. The van der Waals surface area contributed by atoms with Crippen LogP contribution in [-0.4, -0.2) is 30.6 Å². The number of hydrogen-bond donors (Lipinski definition) is 1. The number of ether oxygens (including phenoxy) is 2. The van der Waals surface area contributed by atoms with Crippen molar-refractivity contribution in [1.29, 1.82) is 0 Å². The molecule has 0 atom stereocenters. The number of halogens is 2. The van der Waals surface area contributed by atoms with Crippen LogP contribution in [0.1, 0.15) is 12.5 Å². The van der Waals surface area contributed by atoms with Crippen molar-refractivity contribution in [2.45, 2.75) is 6.92 Å². The fourth-order valence-electron chi connectivity index (χ4n) is 1.20. The lowest BCUT2D eigenvalue weighted by atomic mass is 10.2. The summed E-state index contributed by atoms with van der Waals surface area (Å²) in [6.07, 6.45) is 1.10. The summed E-state index contributed by atoms with van der Waals surface area (Å²) in [4.78, 5) is 11.2. The second-order valence-corrected chi connectivity index (χ2v) is 3.98. The molecule has 98 valence electrons. The quantitative estimate of drug-likeness (QED) is 0.392. The minimum atomic E-state index is -0.513. The van der Waals surface area contributed by atoms with Crippen molar-refractivity contribution in [2.75, 3.05) is 13.2 Å². The molecule has 0 aromatic heterocycles. The van der Waals surface area contributed by atoms with Gasteiger partial charge in [0.25, 0.3) is 0 Å². The lowest BCUT2D eigenvalue weighted by Gasteiger charge is -2.10. The Morgan fingerprint density at radius 1 is 1.50 bits per heavy atom. The number of rotatable bonds is 5. The van der Waals surface area contributed by atoms with Gasteiger partial charge in [0.05, 0.1) is 23.4 Å². The number of hydrogen-bond acceptors (Lipinski definition) is 5. The van der Waals surface area contributed by atoms with Gasteiger partial charge in [-0.2, -0.15) is 0 Å². The number of esters is 1. The van der Waals surface area contributed by atoms with Crippen molar-refractivity contribution in [2.24, 2.45) is 5.16 Å². The summed E-state index contributed by atoms with van der Waals surface area (Å²) < 4.78 is 9.93. The average molecular weight is 292 g/mol. The second-order valence-electron chi connectivity index (χ2n) is 3.14. The van der Waals surface area contributed by atoms with Crippen LogP contribution in [0.4, 0.5) is 0 Å². The van der Waals surface area contributed by atoms with Gasteiger partial charge in [0.15, 0.2) is 6.61 Å². The van der Waals surface area contributed by atoms with E-state index in [1.807, 2.05) is 0 Å². The zero-order valence-corrected chi connectivity index (χ0v) is 11.0. The monoisotopic (exact) mass is 291 g/mol. The van der Waals surface area contributed by atoms with Crippen LogP contribution < -0.4 is 4.74 Å². The minimum Gasteiger partial charge on any atom is -0.481 e. The maximum absolute atomic E-state index is 11.2. The molecule has 0 aliphatic carbocycles. The first-order valence-electron chi connectivity index (χ1n) is 5.03. The van der Waals surface area contributed by atoms with E-state index in [2.05, 4.69) is 5.16 Å². The van der Waals surface area contributed by atoms with Crippen LogP contribution >= 0.6 is 23.2 Å². The Kier molecular flexibility index (Phi) is 5.74. The second kappa shape index (κ2) is 7.08. The molecule has 18 heavy (non-hydrogen) atoms. The summed E-state index contributed by atoms with van der Waals surface area (Å²) in [5.74, 6) is -0.279. The van der Waals surface area contributed by atoms with Crippen molar-refractivity contribution < 1.29 is 19.5 Å². The molecule has 0 saturated heterocycles. The Balaban J connectivity index is 2.89. The molecule has 0 aliphatic heterocycles. The zero-order chi connectivity index (χ0) is 13.5. The normalized spacial score (nSPS) is 10.6. The van der Waals surface area contributed by atoms with Crippen LogP contribution in [0.25, 0.3) is 0 Å². The van der Waals surface area contributed by atoms with Crippen molar-refractivity contribution in [3.63, 3.8) is 0 Å². The van der Waals surface area contributed by atoms with Crippen molar-refractivity contribution in [3.05, 3.63) is 27.7 Å². The van der Waals surface area contributed by atoms with Crippen LogP contribution in [0, 0.1) is 0 Å². The predicted octanol–water partition coefficient (Wildman–Crippen LogP) is 2.74. The zero-order valence-electron chi connectivity index (χ0n) is 9.52. The minimum absolute atomic E-state index is 0.235. The van der Waals surface area contributed by atoms with Crippen LogP contribution in [0.5, 0.6) is 5.75 Å². The first kappa shape index (κ1) is 14.6. The number of benzene rings is 1. The molecule has 1 N–H and O–H groups in total. The number of carbonyl (C=O) groups is 1. The molecule has 0 fully saturated rings. The largest absolute Gasteiger partial charge is 0.481 e. The molecule has 0 radical (unpaired) electrons. The highest BCUT2D eigenvalue weighted by Crippen LogP contribution is 2.29. The number of nitrogens with zero attached hydrogens (tertiary/aromatic N) is 1. The smallest absolute Gasteiger partial charge is 0.344 e. The van der Waals surface area contributed by atoms with Crippen LogP contribution in [0.15, 0.2) is 17.3 Å². The van der Waals surface area contributed by atoms with Gasteiger partial charge in [-0.15, -0.1) is 0 Å². The van der Waals surface area contributed by atoms with E-state index in [0.29, 0.717) is 10.6 Å². The third-order valence-corrected chi connectivity index (χ3v) is 2.42. The molecule has 0 saturated carbocycles. The topological polar surface area (TPSA) is 68.1 Å². The Labute approximate surface area is 114 Å². The predicted molar refractivity (Wildman–Crippen MR) is 68.0 cm³/mol. The Hall–Kier alpha value is -1.46. The molecular formula is C11H11Cl2NO4. The molecule has 0 spiro atoms. The first-order valence-corrected chi connectivity index (χ1v) is 5.79. The average Bonchev–Trinajstić information content (AvgIpc) is 2.31. The Morgan fingerprint density at radius 3 is 2.83 bits per heavy atom. The fraction of sp³-hybridized carbons (Fsp3) is 0.273. The van der Waals surface area contributed by atoms with Gasteiger partial charge >= 0.3 is 5.97 Å². The molecule has 7 heteroatoms. The van der Waals surface area contributed by atoms with Crippen molar-refractivity contribution >= 4 is 35.4 Å². The van der Waals surface area contributed by atoms with Crippen molar-refractivity contribution in [1.82, 2.24) is 0 Å². The van der Waals surface area contributed by atoms with Gasteiger partial charge in [0.2, 0.25) is 0 Å². The SMILES string of the molecule is CCOC(=O)COc1cc(Cl)cc(Cl)c1C=NO. The van der Waals surface area contributed by atoms with E-state index in [1.165, 1.54) is 12.1 Å². The van der Waals surface area contributed by atoms with E-state index in [1.54, 1.807) is 6.92 Å². The summed E-state index contributed by atoms with van der Waals surface area (Å²) in [7, 11) is 0. The fourth-order valence-corrected chi connectivity index (χ4v) is 1.73. The van der Waals surface area contributed by atoms with Gasteiger partial charge < -0.3 is 14.7 Å². The summed E-state index contributed by atoms with van der Waals surface area (Å²) in [5, 5.41) is 12.0.